The third-order valence-corrected chi connectivity index (χ3v) is 9.92. The summed E-state index contributed by atoms with van der Waals surface area (Å²) in [6.45, 7) is 6.70. The molecule has 4 aliphatic rings. The Morgan fingerprint density at radius 3 is 2.62 bits per heavy atom. The van der Waals surface area contributed by atoms with Gasteiger partial charge in [-0.1, -0.05) is 25.2 Å². The van der Waals surface area contributed by atoms with E-state index in [1.165, 1.54) is 24.2 Å². The standard InChI is InChI=1S/C22H32N4O2S/c1-12-25-26-20(29-12)24-19(28)16-6-5-14-13-4-7-17-22(3,11-9-18(27)23-17)15(13)8-10-21(14,16)2/h13-17H,4-11H2,1-3H3,(H,23,27)(H,24,26,28)/t13-,14-,15-,16+,17+,21-,22+/m0/s1. The monoisotopic (exact) mass is 416 g/mol. The minimum atomic E-state index is 0.0641. The molecule has 0 bridgehead atoms. The second kappa shape index (κ2) is 6.76. The van der Waals surface area contributed by atoms with Crippen molar-refractivity contribution >= 4 is 28.3 Å². The molecule has 0 aromatic carbocycles. The number of nitrogens with zero attached hydrogens (tertiary/aromatic N) is 2. The molecule has 0 unspecified atom stereocenters. The Bertz CT molecular complexity index is 841. The first-order valence-corrected chi connectivity index (χ1v) is 12.0. The van der Waals surface area contributed by atoms with Gasteiger partial charge in [-0.3, -0.25) is 9.59 Å². The minimum Gasteiger partial charge on any atom is -0.353 e. The number of carbonyl (C=O) groups excluding carboxylic acids is 2. The van der Waals surface area contributed by atoms with Crippen molar-refractivity contribution < 1.29 is 9.59 Å². The molecule has 5 rings (SSSR count). The van der Waals surface area contributed by atoms with E-state index >= 15 is 0 Å². The molecule has 1 aromatic rings. The average Bonchev–Trinajstić information content (AvgIpc) is 3.24. The third kappa shape index (κ3) is 2.94. The number of nitrogens with one attached hydrogen (secondary N) is 2. The lowest BCUT2D eigenvalue weighted by Gasteiger charge is -2.60. The lowest BCUT2D eigenvalue weighted by molar-refractivity contribution is -0.140. The van der Waals surface area contributed by atoms with Crippen LogP contribution in [0.5, 0.6) is 0 Å². The summed E-state index contributed by atoms with van der Waals surface area (Å²) >= 11 is 1.44. The maximum absolute atomic E-state index is 13.2. The van der Waals surface area contributed by atoms with Crippen molar-refractivity contribution in [3.63, 3.8) is 0 Å². The molecule has 4 fully saturated rings. The number of aryl methyl sites for hydroxylation is 1. The van der Waals surface area contributed by atoms with Gasteiger partial charge in [-0.15, -0.1) is 10.2 Å². The number of carbonyl (C=O) groups is 2. The van der Waals surface area contributed by atoms with Gasteiger partial charge >= 0.3 is 0 Å². The largest absolute Gasteiger partial charge is 0.353 e. The Hall–Kier alpha value is -1.50. The van der Waals surface area contributed by atoms with E-state index in [0.29, 0.717) is 35.3 Å². The molecule has 1 aliphatic heterocycles. The predicted molar refractivity (Wildman–Crippen MR) is 112 cm³/mol. The zero-order chi connectivity index (χ0) is 20.4. The molecule has 2 heterocycles. The third-order valence-electron chi connectivity index (χ3n) is 9.17. The van der Waals surface area contributed by atoms with Gasteiger partial charge in [-0.25, -0.2) is 0 Å². The lowest BCUT2D eigenvalue weighted by atomic mass is 9.47. The van der Waals surface area contributed by atoms with Gasteiger partial charge in [0.1, 0.15) is 5.01 Å². The molecule has 7 heteroatoms. The van der Waals surface area contributed by atoms with Gasteiger partial charge in [0.25, 0.3) is 0 Å². The van der Waals surface area contributed by atoms with Gasteiger partial charge in [0.15, 0.2) is 0 Å². The van der Waals surface area contributed by atoms with Crippen molar-refractivity contribution in [3.8, 4) is 0 Å². The number of fused-ring (bicyclic) bond motifs is 5. The highest BCUT2D eigenvalue weighted by Gasteiger charge is 2.61. The van der Waals surface area contributed by atoms with Crippen LogP contribution < -0.4 is 10.6 Å². The zero-order valence-corrected chi connectivity index (χ0v) is 18.5. The van der Waals surface area contributed by atoms with Crippen LogP contribution in [0.1, 0.15) is 70.2 Å². The van der Waals surface area contributed by atoms with Gasteiger partial charge in [0.05, 0.1) is 0 Å². The fraction of sp³-hybridized carbons (Fsp3) is 0.818. The van der Waals surface area contributed by atoms with Crippen molar-refractivity contribution in [2.45, 2.75) is 78.2 Å². The van der Waals surface area contributed by atoms with Crippen LogP contribution in [-0.2, 0) is 9.59 Å². The number of amides is 2. The summed E-state index contributed by atoms with van der Waals surface area (Å²) in [5, 5.41) is 16.0. The fourth-order valence-corrected chi connectivity index (χ4v) is 8.27. The second-order valence-corrected chi connectivity index (χ2v) is 11.6. The summed E-state index contributed by atoms with van der Waals surface area (Å²) in [7, 11) is 0. The Morgan fingerprint density at radius 2 is 1.86 bits per heavy atom. The van der Waals surface area contributed by atoms with Crippen LogP contribution in [0.4, 0.5) is 5.13 Å². The smallest absolute Gasteiger partial charge is 0.229 e. The van der Waals surface area contributed by atoms with Gasteiger partial charge in [0, 0.05) is 18.4 Å². The number of hydrogen-bond donors (Lipinski definition) is 2. The molecule has 1 aromatic heterocycles. The van der Waals surface area contributed by atoms with Gasteiger partial charge < -0.3 is 10.6 Å². The highest BCUT2D eigenvalue weighted by Crippen LogP contribution is 2.65. The van der Waals surface area contributed by atoms with Gasteiger partial charge in [0.2, 0.25) is 16.9 Å². The van der Waals surface area contributed by atoms with Crippen LogP contribution >= 0.6 is 11.3 Å². The highest BCUT2D eigenvalue weighted by molar-refractivity contribution is 7.15. The van der Waals surface area contributed by atoms with Crippen LogP contribution in [0.25, 0.3) is 0 Å². The van der Waals surface area contributed by atoms with Crippen LogP contribution in [0.2, 0.25) is 0 Å². The molecular weight excluding hydrogens is 384 g/mol. The zero-order valence-electron chi connectivity index (χ0n) is 17.7. The predicted octanol–water partition coefficient (Wildman–Crippen LogP) is 3.92. The number of piperidine rings is 1. The van der Waals surface area contributed by atoms with E-state index in [9.17, 15) is 9.59 Å². The fourth-order valence-electron chi connectivity index (χ4n) is 7.67. The summed E-state index contributed by atoms with van der Waals surface area (Å²) in [6, 6.07) is 0.343. The van der Waals surface area contributed by atoms with Crippen molar-refractivity contribution in [2.75, 3.05) is 5.32 Å². The topological polar surface area (TPSA) is 84.0 Å². The molecular formula is C22H32N4O2S. The quantitative estimate of drug-likeness (QED) is 0.765. The van der Waals surface area contributed by atoms with E-state index in [4.69, 9.17) is 0 Å². The summed E-state index contributed by atoms with van der Waals surface area (Å²) in [5.74, 6) is 2.41. The van der Waals surface area contributed by atoms with E-state index in [1.807, 2.05) is 6.92 Å². The molecule has 2 amide bonds. The molecule has 3 saturated carbocycles. The number of anilines is 1. The van der Waals surface area contributed by atoms with Crippen molar-refractivity contribution in [1.29, 1.82) is 0 Å². The number of aromatic nitrogens is 2. The normalized spacial score (nSPS) is 43.7. The maximum Gasteiger partial charge on any atom is 0.229 e. The lowest BCUT2D eigenvalue weighted by Crippen LogP contribution is -2.61. The van der Waals surface area contributed by atoms with Gasteiger partial charge in [-0.05, 0) is 80.5 Å². The first-order valence-electron chi connectivity index (χ1n) is 11.2. The van der Waals surface area contributed by atoms with E-state index in [0.717, 1.165) is 37.1 Å². The molecule has 6 nitrogen and oxygen atoms in total. The molecule has 158 valence electrons. The van der Waals surface area contributed by atoms with Gasteiger partial charge in [-0.2, -0.15) is 0 Å². The van der Waals surface area contributed by atoms with E-state index < -0.39 is 0 Å². The SMILES string of the molecule is Cc1nnc(NC(=O)[C@H]2CC[C@H]3[C@@H]4CC[C@H]5NC(=O)CC[C@]5(C)[C@H]4CC[C@]23C)s1. The van der Waals surface area contributed by atoms with E-state index in [-0.39, 0.29) is 28.6 Å². The Morgan fingerprint density at radius 1 is 1.07 bits per heavy atom. The molecule has 0 spiro atoms. The highest BCUT2D eigenvalue weighted by atomic mass is 32.1. The summed E-state index contributed by atoms with van der Waals surface area (Å²) in [4.78, 5) is 25.1. The van der Waals surface area contributed by atoms with Crippen molar-refractivity contribution in [1.82, 2.24) is 15.5 Å². The minimum absolute atomic E-state index is 0.0641. The maximum atomic E-state index is 13.2. The molecule has 7 atom stereocenters. The number of rotatable bonds is 2. The number of hydrogen-bond acceptors (Lipinski definition) is 5. The first-order chi connectivity index (χ1) is 13.8. The Balaban J connectivity index is 1.35. The van der Waals surface area contributed by atoms with Crippen molar-refractivity contribution in [2.24, 2.45) is 34.5 Å². The van der Waals surface area contributed by atoms with E-state index in [2.05, 4.69) is 34.7 Å². The first kappa shape index (κ1) is 19.5. The van der Waals surface area contributed by atoms with Crippen LogP contribution in [0, 0.1) is 41.4 Å². The second-order valence-electron chi connectivity index (χ2n) is 10.4. The molecule has 0 radical (unpaired) electrons. The summed E-state index contributed by atoms with van der Waals surface area (Å²) < 4.78 is 0. The Labute approximate surface area is 176 Å². The summed E-state index contributed by atoms with van der Waals surface area (Å²) in [6.07, 6.45) is 8.40. The molecule has 29 heavy (non-hydrogen) atoms. The van der Waals surface area contributed by atoms with Crippen LogP contribution in [0.3, 0.4) is 0 Å². The van der Waals surface area contributed by atoms with E-state index in [1.54, 1.807) is 0 Å². The average molecular weight is 417 g/mol. The molecule has 3 aliphatic carbocycles. The Kier molecular flexibility index (Phi) is 4.53. The van der Waals surface area contributed by atoms with Crippen molar-refractivity contribution in [3.05, 3.63) is 5.01 Å². The summed E-state index contributed by atoms with van der Waals surface area (Å²) in [5.41, 5.74) is 0.300. The molecule has 2 N–H and O–H groups in total. The van der Waals surface area contributed by atoms with Crippen LogP contribution in [0.15, 0.2) is 0 Å². The molecule has 1 saturated heterocycles. The van der Waals surface area contributed by atoms with Crippen LogP contribution in [-0.4, -0.2) is 28.1 Å².